The molecular weight excluding hydrogens is 249 g/mol. The summed E-state index contributed by atoms with van der Waals surface area (Å²) in [6.45, 7) is 13.9. The molecule has 0 saturated carbocycles. The van der Waals surface area contributed by atoms with Gasteiger partial charge in [0, 0.05) is 0 Å². The Morgan fingerprint density at radius 1 is 1.00 bits per heavy atom. The summed E-state index contributed by atoms with van der Waals surface area (Å²) < 4.78 is 6.09. The van der Waals surface area contributed by atoms with Gasteiger partial charge >= 0.3 is 93.6 Å². The van der Waals surface area contributed by atoms with Gasteiger partial charge in [0.05, 0.1) is 0 Å². The molecule has 0 amide bonds. The van der Waals surface area contributed by atoms with Crippen LogP contribution in [-0.2, 0) is 3.76 Å². The fourth-order valence-corrected chi connectivity index (χ4v) is 7.09. The molecule has 1 nitrogen and oxygen atoms in total. The van der Waals surface area contributed by atoms with Crippen molar-refractivity contribution in [3.63, 3.8) is 0 Å². The Morgan fingerprint density at radius 3 is 1.71 bits per heavy atom. The molecule has 0 aromatic carbocycles. The molecule has 0 radical (unpaired) electrons. The molecule has 0 N–H and O–H groups in total. The predicted octanol–water partition coefficient (Wildman–Crippen LogP) is 4.40. The average molecular weight is 275 g/mol. The summed E-state index contributed by atoms with van der Waals surface area (Å²) >= 11 is -1.89. The Bertz CT molecular complexity index is 172. The summed E-state index contributed by atoms with van der Waals surface area (Å²) in [5.74, 6) is 0. The first-order valence-electron chi connectivity index (χ1n) is 5.74. The van der Waals surface area contributed by atoms with Crippen molar-refractivity contribution in [2.75, 3.05) is 0 Å². The van der Waals surface area contributed by atoms with Crippen LogP contribution < -0.4 is 0 Å². The third kappa shape index (κ3) is 5.25. The Balaban J connectivity index is 4.26. The molecule has 0 aromatic rings. The summed E-state index contributed by atoms with van der Waals surface area (Å²) in [5.41, 5.74) is 2.31. The molecule has 0 aliphatic carbocycles. The van der Waals surface area contributed by atoms with Crippen molar-refractivity contribution in [3.05, 3.63) is 12.0 Å². The van der Waals surface area contributed by atoms with Gasteiger partial charge in [-0.15, -0.1) is 0 Å². The van der Waals surface area contributed by atoms with Crippen LogP contribution in [0.15, 0.2) is 12.0 Å². The molecule has 84 valence electrons. The normalized spacial score (nSPS) is 13.6. The minimum absolute atomic E-state index is 1.07. The van der Waals surface area contributed by atoms with E-state index in [0.29, 0.717) is 0 Å². The maximum atomic E-state index is 6.09. The van der Waals surface area contributed by atoms with E-state index in [1.807, 2.05) is 6.26 Å². The molecule has 0 atom stereocenters. The van der Waals surface area contributed by atoms with Crippen LogP contribution in [0.3, 0.4) is 0 Å². The van der Waals surface area contributed by atoms with E-state index in [9.17, 15) is 0 Å². The monoisotopic (exact) mass is 276 g/mol. The SMILES string of the molecule is C[CH2][Ge]([CH2]C)([CH2]C)[O]/C=C/[Si](C)(C)C. The first-order valence-corrected chi connectivity index (χ1v) is 14.6. The molecule has 0 aliphatic heterocycles. The molecule has 0 spiro atoms. The Kier molecular flexibility index (Phi) is 6.14. The van der Waals surface area contributed by atoms with E-state index in [4.69, 9.17) is 3.76 Å². The molecule has 0 unspecified atom stereocenters. The molecule has 0 bridgehead atoms. The van der Waals surface area contributed by atoms with Crippen LogP contribution in [0.2, 0.25) is 35.4 Å². The summed E-state index contributed by atoms with van der Waals surface area (Å²) in [5, 5.41) is 3.84. The molecule has 0 rings (SSSR count). The summed E-state index contributed by atoms with van der Waals surface area (Å²) in [6, 6.07) is 0. The third-order valence-corrected chi connectivity index (χ3v) is 13.4. The van der Waals surface area contributed by atoms with Gasteiger partial charge in [0.1, 0.15) is 0 Å². The maximum absolute atomic E-state index is 6.09. The molecule has 0 aliphatic rings. The van der Waals surface area contributed by atoms with E-state index in [1.165, 1.54) is 15.8 Å². The fraction of sp³-hybridized carbons (Fsp3) is 0.818. The van der Waals surface area contributed by atoms with Crippen LogP contribution in [0.1, 0.15) is 20.8 Å². The van der Waals surface area contributed by atoms with E-state index in [-0.39, 0.29) is 0 Å². The van der Waals surface area contributed by atoms with E-state index >= 15 is 0 Å². The Labute approximate surface area is 93.6 Å². The van der Waals surface area contributed by atoms with Crippen LogP contribution in [0.4, 0.5) is 0 Å². The molecule has 14 heavy (non-hydrogen) atoms. The van der Waals surface area contributed by atoms with Gasteiger partial charge in [-0.1, -0.05) is 0 Å². The summed E-state index contributed by atoms with van der Waals surface area (Å²) in [4.78, 5) is 0. The van der Waals surface area contributed by atoms with Crippen molar-refractivity contribution in [1.29, 1.82) is 0 Å². The number of hydrogen-bond acceptors (Lipinski definition) is 1. The Hall–Kier alpha value is 0.300. The van der Waals surface area contributed by atoms with Gasteiger partial charge in [-0.3, -0.25) is 0 Å². The third-order valence-electron chi connectivity index (χ3n) is 2.82. The van der Waals surface area contributed by atoms with Gasteiger partial charge in [-0.25, -0.2) is 0 Å². The summed E-state index contributed by atoms with van der Waals surface area (Å²) in [7, 11) is -1.07. The van der Waals surface area contributed by atoms with Crippen LogP contribution in [-0.4, -0.2) is 21.7 Å². The second-order valence-electron chi connectivity index (χ2n) is 5.03. The van der Waals surface area contributed by atoms with Crippen LogP contribution in [0.25, 0.3) is 0 Å². The van der Waals surface area contributed by atoms with Crippen LogP contribution in [0, 0.1) is 0 Å². The number of rotatable bonds is 6. The van der Waals surface area contributed by atoms with Crippen molar-refractivity contribution < 1.29 is 3.76 Å². The van der Waals surface area contributed by atoms with E-state index in [0.717, 1.165) is 0 Å². The molecule has 3 heteroatoms. The molecule has 0 fully saturated rings. The average Bonchev–Trinajstić information content (AvgIpc) is 2.11. The van der Waals surface area contributed by atoms with E-state index in [1.54, 1.807) is 0 Å². The molecular formula is C11H26GeOSi. The van der Waals surface area contributed by atoms with Gasteiger partial charge in [0.25, 0.3) is 0 Å². The van der Waals surface area contributed by atoms with Gasteiger partial charge < -0.3 is 0 Å². The first-order chi connectivity index (χ1) is 6.39. The molecule has 0 saturated heterocycles. The van der Waals surface area contributed by atoms with Gasteiger partial charge in [-0.05, 0) is 0 Å². The van der Waals surface area contributed by atoms with Crippen molar-refractivity contribution in [1.82, 2.24) is 0 Å². The number of hydrogen-bond donors (Lipinski definition) is 0. The van der Waals surface area contributed by atoms with Crippen molar-refractivity contribution in [2.45, 2.75) is 56.2 Å². The topological polar surface area (TPSA) is 9.23 Å². The molecule has 0 aromatic heterocycles. The van der Waals surface area contributed by atoms with E-state index < -0.39 is 21.7 Å². The predicted molar refractivity (Wildman–Crippen MR) is 70.8 cm³/mol. The van der Waals surface area contributed by atoms with Gasteiger partial charge in [0.2, 0.25) is 0 Å². The molecule has 0 heterocycles. The second kappa shape index (κ2) is 6.01. The zero-order chi connectivity index (χ0) is 11.2. The van der Waals surface area contributed by atoms with Gasteiger partial charge in [-0.2, -0.15) is 0 Å². The van der Waals surface area contributed by atoms with Crippen LogP contribution in [0.5, 0.6) is 0 Å². The quantitative estimate of drug-likeness (QED) is 0.515. The summed E-state index contributed by atoms with van der Waals surface area (Å²) in [6.07, 6.45) is 2.03. The van der Waals surface area contributed by atoms with Crippen molar-refractivity contribution in [3.8, 4) is 0 Å². The van der Waals surface area contributed by atoms with Gasteiger partial charge in [0.15, 0.2) is 0 Å². The zero-order valence-corrected chi connectivity index (χ0v) is 13.8. The van der Waals surface area contributed by atoms with Crippen molar-refractivity contribution >= 4 is 21.7 Å². The fourth-order valence-electron chi connectivity index (χ4n) is 1.38. The van der Waals surface area contributed by atoms with E-state index in [2.05, 4.69) is 46.1 Å². The zero-order valence-electron chi connectivity index (χ0n) is 10.7. The Morgan fingerprint density at radius 2 is 1.43 bits per heavy atom. The van der Waals surface area contributed by atoms with Crippen LogP contribution >= 0.6 is 0 Å². The van der Waals surface area contributed by atoms with Crippen molar-refractivity contribution in [2.24, 2.45) is 0 Å². The standard InChI is InChI=1S/C11H26GeOSi/c1-7-12(8-2,9-3)13-10-11-14(4,5)6/h10-11H,7-9H2,1-6H3/b11-10+. The minimum atomic E-state index is -1.89. The first kappa shape index (κ1) is 14.3. The second-order valence-corrected chi connectivity index (χ2v) is 20.0.